The Hall–Kier alpha value is -2.31. The van der Waals surface area contributed by atoms with Crippen molar-refractivity contribution in [3.8, 4) is 0 Å². The Bertz CT molecular complexity index is 1110. The van der Waals surface area contributed by atoms with Crippen molar-refractivity contribution in [2.24, 2.45) is 0 Å². The maximum absolute atomic E-state index is 13.6. The van der Waals surface area contributed by atoms with Crippen LogP contribution >= 0.6 is 7.82 Å². The molecule has 2 heterocycles. The van der Waals surface area contributed by atoms with E-state index in [1.165, 1.54) is 0 Å². The highest BCUT2D eigenvalue weighted by atomic mass is 31.2. The summed E-state index contributed by atoms with van der Waals surface area (Å²) in [5, 5.41) is 0. The summed E-state index contributed by atoms with van der Waals surface area (Å²) in [4.78, 5) is 34.2. The summed E-state index contributed by atoms with van der Waals surface area (Å²) >= 11 is 0. The van der Waals surface area contributed by atoms with Crippen molar-refractivity contribution in [1.82, 2.24) is 9.55 Å². The number of hydrogen-bond acceptors (Lipinski definition) is 6. The number of aromatic nitrogens is 2. The Balaban J connectivity index is 1.55. The highest BCUT2D eigenvalue weighted by Gasteiger charge is 2.31. The summed E-state index contributed by atoms with van der Waals surface area (Å²) in [5.41, 5.74) is -2.56. The van der Waals surface area contributed by atoms with Crippen LogP contribution < -0.4 is 11.2 Å². The first-order chi connectivity index (χ1) is 14.1. The van der Waals surface area contributed by atoms with Gasteiger partial charge in [-0.2, -0.15) is 4.39 Å². The van der Waals surface area contributed by atoms with Crippen molar-refractivity contribution < 1.29 is 40.8 Å². The molecule has 2 N–H and O–H groups in total. The molecular weight excluding hydrogens is 439 g/mol. The molecule has 1 saturated heterocycles. The summed E-state index contributed by atoms with van der Waals surface area (Å²) in [6.45, 7) is -1.33. The maximum Gasteiger partial charge on any atom is 0.472 e. The SMILES string of the molecule is O=c1[nH]c(=O)n([C@H]2CC[C@@H](COP(=O)(O)OCc3ccc(F)c(F)c3F)O2)cc1F. The van der Waals surface area contributed by atoms with Crippen LogP contribution in [0.15, 0.2) is 27.9 Å². The van der Waals surface area contributed by atoms with Gasteiger partial charge in [0.1, 0.15) is 6.23 Å². The maximum atomic E-state index is 13.6. The lowest BCUT2D eigenvalue weighted by molar-refractivity contribution is -0.0267. The molecule has 1 aliphatic rings. The molecule has 0 aliphatic carbocycles. The molecule has 0 spiro atoms. The molecule has 9 nitrogen and oxygen atoms in total. The molecule has 164 valence electrons. The van der Waals surface area contributed by atoms with E-state index < -0.39 is 73.4 Å². The lowest BCUT2D eigenvalue weighted by atomic mass is 10.2. The van der Waals surface area contributed by atoms with Crippen LogP contribution in [0.2, 0.25) is 0 Å². The summed E-state index contributed by atoms with van der Waals surface area (Å²) in [6, 6.07) is 1.48. The van der Waals surface area contributed by atoms with Gasteiger partial charge in [0, 0.05) is 5.56 Å². The number of aromatic amines is 1. The number of benzene rings is 1. The van der Waals surface area contributed by atoms with Crippen molar-refractivity contribution in [2.45, 2.75) is 31.8 Å². The second kappa shape index (κ2) is 8.82. The fourth-order valence-corrected chi connectivity index (χ4v) is 3.46. The summed E-state index contributed by atoms with van der Waals surface area (Å²) in [5.74, 6) is -5.91. The van der Waals surface area contributed by atoms with Crippen molar-refractivity contribution in [3.63, 3.8) is 0 Å². The standard InChI is InChI=1S/C16H15F4N2O7P/c17-10-3-1-8(13(19)14(10)20)6-27-30(25,26)28-7-9-2-4-12(29-9)22-5-11(18)15(23)21-16(22)24/h1,3,5,9,12H,2,4,6-7H2,(H,25,26)(H,21,23,24)/t9-,12+/m0/s1. The second-order valence-corrected chi connectivity index (χ2v) is 7.76. The van der Waals surface area contributed by atoms with Crippen molar-refractivity contribution >= 4 is 7.82 Å². The normalized spacial score (nSPS) is 21.0. The van der Waals surface area contributed by atoms with E-state index in [4.69, 9.17) is 9.26 Å². The van der Waals surface area contributed by atoms with Gasteiger partial charge in [0.25, 0.3) is 5.56 Å². The van der Waals surface area contributed by atoms with Crippen LogP contribution in [0.3, 0.4) is 0 Å². The quantitative estimate of drug-likeness (QED) is 0.374. The van der Waals surface area contributed by atoms with Gasteiger partial charge < -0.3 is 9.63 Å². The van der Waals surface area contributed by atoms with Gasteiger partial charge in [-0.05, 0) is 18.9 Å². The van der Waals surface area contributed by atoms with Gasteiger partial charge >= 0.3 is 13.5 Å². The van der Waals surface area contributed by atoms with Crippen LogP contribution in [-0.4, -0.2) is 27.2 Å². The first-order valence-corrected chi connectivity index (χ1v) is 9.97. The molecule has 1 fully saturated rings. The molecule has 0 amide bonds. The summed E-state index contributed by atoms with van der Waals surface area (Å²) in [6.07, 6.45) is -0.550. The van der Waals surface area contributed by atoms with E-state index in [2.05, 4.69) is 4.52 Å². The number of nitrogens with zero attached hydrogens (tertiary/aromatic N) is 1. The Morgan fingerprint density at radius 2 is 1.87 bits per heavy atom. The number of nitrogens with one attached hydrogen (secondary N) is 1. The molecule has 2 aromatic rings. The first-order valence-electron chi connectivity index (χ1n) is 8.48. The Labute approximate surface area is 165 Å². The molecule has 1 aromatic heterocycles. The van der Waals surface area contributed by atoms with Crippen LogP contribution in [0.25, 0.3) is 0 Å². The molecular formula is C16H15F4N2O7P. The number of H-pyrrole nitrogens is 1. The molecule has 3 rings (SSSR count). The van der Waals surface area contributed by atoms with Crippen molar-refractivity contribution in [2.75, 3.05) is 6.61 Å². The third-order valence-corrected chi connectivity index (χ3v) is 5.17. The molecule has 1 aliphatic heterocycles. The van der Waals surface area contributed by atoms with E-state index in [1.807, 2.05) is 0 Å². The van der Waals surface area contributed by atoms with E-state index in [0.29, 0.717) is 12.3 Å². The molecule has 30 heavy (non-hydrogen) atoms. The van der Waals surface area contributed by atoms with E-state index in [-0.39, 0.29) is 12.8 Å². The monoisotopic (exact) mass is 454 g/mol. The fourth-order valence-electron chi connectivity index (χ4n) is 2.73. The average Bonchev–Trinajstić information content (AvgIpc) is 3.16. The zero-order valence-corrected chi connectivity index (χ0v) is 15.9. The number of rotatable bonds is 7. The van der Waals surface area contributed by atoms with Gasteiger partial charge in [-0.15, -0.1) is 0 Å². The number of phosphoric acid groups is 1. The van der Waals surface area contributed by atoms with Gasteiger partial charge in [-0.3, -0.25) is 23.4 Å². The highest BCUT2D eigenvalue weighted by molar-refractivity contribution is 7.47. The predicted octanol–water partition coefficient (Wildman–Crippen LogP) is 2.10. The van der Waals surface area contributed by atoms with Crippen LogP contribution in [0.4, 0.5) is 17.6 Å². The molecule has 1 aromatic carbocycles. The Kier molecular flexibility index (Phi) is 6.58. The summed E-state index contributed by atoms with van der Waals surface area (Å²) in [7, 11) is -4.71. The third-order valence-electron chi connectivity index (χ3n) is 4.24. The highest BCUT2D eigenvalue weighted by Crippen LogP contribution is 2.45. The van der Waals surface area contributed by atoms with E-state index in [0.717, 1.165) is 10.6 Å². The lowest BCUT2D eigenvalue weighted by Crippen LogP contribution is -2.34. The number of ether oxygens (including phenoxy) is 1. The van der Waals surface area contributed by atoms with Gasteiger partial charge in [0.2, 0.25) is 5.82 Å². The largest absolute Gasteiger partial charge is 0.472 e. The zero-order chi connectivity index (χ0) is 22.1. The molecule has 14 heteroatoms. The van der Waals surface area contributed by atoms with Crippen LogP contribution in [0.5, 0.6) is 0 Å². The number of halogens is 4. The zero-order valence-electron chi connectivity index (χ0n) is 15.0. The topological polar surface area (TPSA) is 120 Å². The second-order valence-electron chi connectivity index (χ2n) is 6.31. The minimum atomic E-state index is -4.71. The van der Waals surface area contributed by atoms with Crippen LogP contribution in [-0.2, 0) is 25.0 Å². The van der Waals surface area contributed by atoms with Gasteiger partial charge in [0.15, 0.2) is 17.5 Å². The molecule has 0 radical (unpaired) electrons. The average molecular weight is 454 g/mol. The van der Waals surface area contributed by atoms with Gasteiger partial charge in [0.05, 0.1) is 25.5 Å². The molecule has 0 saturated carbocycles. The first kappa shape index (κ1) is 22.4. The van der Waals surface area contributed by atoms with Crippen LogP contribution in [0.1, 0.15) is 24.6 Å². The van der Waals surface area contributed by atoms with Crippen molar-refractivity contribution in [3.05, 3.63) is 68.0 Å². The van der Waals surface area contributed by atoms with Crippen LogP contribution in [0, 0.1) is 23.3 Å². The number of phosphoric ester groups is 1. The van der Waals surface area contributed by atoms with E-state index >= 15 is 0 Å². The fraction of sp³-hybridized carbons (Fsp3) is 0.375. The predicted molar refractivity (Wildman–Crippen MR) is 91.3 cm³/mol. The smallest absolute Gasteiger partial charge is 0.352 e. The molecule has 0 bridgehead atoms. The van der Waals surface area contributed by atoms with Crippen molar-refractivity contribution in [1.29, 1.82) is 0 Å². The molecule has 1 unspecified atom stereocenters. The Morgan fingerprint density at radius 3 is 2.60 bits per heavy atom. The minimum Gasteiger partial charge on any atom is -0.352 e. The lowest BCUT2D eigenvalue weighted by Gasteiger charge is -2.17. The van der Waals surface area contributed by atoms with E-state index in [1.54, 1.807) is 4.98 Å². The summed E-state index contributed by atoms with van der Waals surface area (Å²) < 4.78 is 80.5. The van der Waals surface area contributed by atoms with Gasteiger partial charge in [-0.25, -0.2) is 22.5 Å². The van der Waals surface area contributed by atoms with E-state index in [9.17, 15) is 36.6 Å². The molecule has 3 atom stereocenters. The third kappa shape index (κ3) is 5.05. The minimum absolute atomic E-state index is 0.218. The number of hydrogen-bond donors (Lipinski definition) is 2. The Morgan fingerprint density at radius 1 is 1.13 bits per heavy atom. The van der Waals surface area contributed by atoms with Gasteiger partial charge in [-0.1, -0.05) is 6.07 Å².